The first-order valence-corrected chi connectivity index (χ1v) is 12.8. The molecule has 0 aromatic heterocycles. The van der Waals surface area contributed by atoms with Crippen LogP contribution in [0.25, 0.3) is 10.8 Å². The van der Waals surface area contributed by atoms with E-state index in [-0.39, 0.29) is 58.6 Å². The molecule has 5 rings (SSSR count). The third-order valence-electron chi connectivity index (χ3n) is 7.52. The highest BCUT2D eigenvalue weighted by Gasteiger charge is 2.56. The minimum atomic E-state index is -1.59. The number of carbonyl (C=O) groups is 3. The number of allylic oxidation sites excluding steroid dienone is 4. The van der Waals surface area contributed by atoms with E-state index >= 15 is 0 Å². The first-order valence-electron chi connectivity index (χ1n) is 12.8. The number of aryl methyl sites for hydroxylation is 1. The predicted octanol–water partition coefficient (Wildman–Crippen LogP) is 3.91. The molecule has 9 heteroatoms. The normalized spacial score (nSPS) is 18.6. The number of ether oxygens (including phenoxy) is 2. The van der Waals surface area contributed by atoms with Gasteiger partial charge in [0.05, 0.1) is 18.2 Å². The number of rotatable bonds is 7. The van der Waals surface area contributed by atoms with Gasteiger partial charge < -0.3 is 19.9 Å². The van der Waals surface area contributed by atoms with Crippen LogP contribution in [0.3, 0.4) is 0 Å². The minimum Gasteiger partial charge on any atom is -0.507 e. The largest absolute Gasteiger partial charge is 0.507 e. The van der Waals surface area contributed by atoms with E-state index in [9.17, 15) is 19.5 Å². The highest BCUT2D eigenvalue weighted by atomic mass is 16.6. The van der Waals surface area contributed by atoms with Gasteiger partial charge in [-0.05, 0) is 42.7 Å². The number of fused-ring (bicyclic) bond motifs is 4. The Morgan fingerprint density at radius 3 is 2.68 bits per heavy atom. The van der Waals surface area contributed by atoms with Crippen LogP contribution >= 0.6 is 0 Å². The van der Waals surface area contributed by atoms with Gasteiger partial charge in [0, 0.05) is 24.4 Å². The first-order chi connectivity index (χ1) is 19.6. The molecule has 0 spiro atoms. The molecular weight excluding hydrogens is 524 g/mol. The Balaban J connectivity index is 1.56. The van der Waals surface area contributed by atoms with Gasteiger partial charge in [0.2, 0.25) is 0 Å². The van der Waals surface area contributed by atoms with E-state index in [4.69, 9.17) is 20.7 Å². The van der Waals surface area contributed by atoms with Gasteiger partial charge in [0.15, 0.2) is 17.3 Å². The molecule has 208 valence electrons. The molecule has 1 heterocycles. The van der Waals surface area contributed by atoms with Crippen molar-refractivity contribution in [1.82, 2.24) is 10.8 Å². The van der Waals surface area contributed by atoms with E-state index in [1.54, 1.807) is 0 Å². The molecule has 3 N–H and O–H groups in total. The van der Waals surface area contributed by atoms with Gasteiger partial charge >= 0.3 is 0 Å². The van der Waals surface area contributed by atoms with E-state index < -0.39 is 22.9 Å². The summed E-state index contributed by atoms with van der Waals surface area (Å²) in [5.74, 6) is 0.157. The van der Waals surface area contributed by atoms with Crippen LogP contribution in [0.4, 0.5) is 0 Å². The van der Waals surface area contributed by atoms with Gasteiger partial charge in [-0.1, -0.05) is 42.3 Å². The topological polar surface area (TPSA) is 123 Å². The van der Waals surface area contributed by atoms with Crippen molar-refractivity contribution in [1.29, 1.82) is 0 Å². The lowest BCUT2D eigenvalue weighted by atomic mass is 9.70. The summed E-state index contributed by atoms with van der Waals surface area (Å²) in [6.45, 7) is 5.12. The van der Waals surface area contributed by atoms with Crippen molar-refractivity contribution >= 4 is 28.2 Å². The average molecular weight is 553 g/mol. The van der Waals surface area contributed by atoms with Crippen LogP contribution in [0.15, 0.2) is 65.6 Å². The molecule has 1 amide bonds. The Hall–Kier alpha value is -5.07. The summed E-state index contributed by atoms with van der Waals surface area (Å²) in [4.78, 5) is 45.7. The lowest BCUT2D eigenvalue weighted by Gasteiger charge is -2.28. The van der Waals surface area contributed by atoms with Crippen LogP contribution < -0.4 is 20.3 Å². The van der Waals surface area contributed by atoms with Crippen molar-refractivity contribution < 1.29 is 33.8 Å². The van der Waals surface area contributed by atoms with Crippen molar-refractivity contribution in [2.75, 3.05) is 13.7 Å². The zero-order chi connectivity index (χ0) is 29.5. The number of nitrogens with one attached hydrogen (secondary N) is 2. The Morgan fingerprint density at radius 2 is 1.95 bits per heavy atom. The predicted molar refractivity (Wildman–Crippen MR) is 151 cm³/mol. The number of methoxy groups -OCH3 is 1. The van der Waals surface area contributed by atoms with Gasteiger partial charge in [0.1, 0.15) is 34.8 Å². The standard InChI is InChI=1S/C32H28N2O7/c1-6-13-40-34-18(3)26-22(35)15-25-32(4,30(26)37)28-23(36)14-24(39-5)27(29(28)41-25)31(38)33-16-21-17(2)11-12-19-9-7-8-10-20(19)21/h1,7-12,14-15,34,36H,13,16H2,2-5H3,(H,33,38)/t32-/m1/s1. The number of benzene rings is 3. The fraction of sp³-hybridized carbons (Fsp3) is 0.219. The maximum Gasteiger partial charge on any atom is 0.259 e. The van der Waals surface area contributed by atoms with E-state index in [0.29, 0.717) is 0 Å². The smallest absolute Gasteiger partial charge is 0.259 e. The molecule has 1 atom stereocenters. The summed E-state index contributed by atoms with van der Waals surface area (Å²) in [7, 11) is 1.36. The maximum absolute atomic E-state index is 13.9. The molecule has 0 radical (unpaired) electrons. The second kappa shape index (κ2) is 10.5. The Kier molecular flexibility index (Phi) is 7.03. The second-order valence-electron chi connectivity index (χ2n) is 9.97. The van der Waals surface area contributed by atoms with Gasteiger partial charge in [-0.2, -0.15) is 0 Å². The number of ketones is 2. The fourth-order valence-electron chi connectivity index (χ4n) is 5.40. The number of hydrogen-bond donors (Lipinski definition) is 3. The Morgan fingerprint density at radius 1 is 1.20 bits per heavy atom. The highest BCUT2D eigenvalue weighted by Crippen LogP contribution is 2.56. The summed E-state index contributed by atoms with van der Waals surface area (Å²) < 4.78 is 11.5. The van der Waals surface area contributed by atoms with E-state index in [1.165, 1.54) is 33.1 Å². The average Bonchev–Trinajstić information content (AvgIpc) is 3.25. The molecule has 41 heavy (non-hydrogen) atoms. The summed E-state index contributed by atoms with van der Waals surface area (Å²) in [5.41, 5.74) is 2.90. The van der Waals surface area contributed by atoms with Crippen molar-refractivity contribution in [2.24, 2.45) is 0 Å². The van der Waals surface area contributed by atoms with E-state index in [0.717, 1.165) is 21.9 Å². The van der Waals surface area contributed by atoms with Crippen molar-refractivity contribution in [3.8, 4) is 29.6 Å². The monoisotopic (exact) mass is 552 g/mol. The molecular formula is C32H28N2O7. The highest BCUT2D eigenvalue weighted by molar-refractivity contribution is 6.31. The van der Waals surface area contributed by atoms with Crippen molar-refractivity contribution in [3.05, 3.63) is 87.8 Å². The quantitative estimate of drug-likeness (QED) is 0.133. The molecule has 0 bridgehead atoms. The van der Waals surface area contributed by atoms with Gasteiger partial charge in [-0.3, -0.25) is 24.7 Å². The Labute approximate surface area is 236 Å². The maximum atomic E-state index is 13.9. The van der Waals surface area contributed by atoms with Gasteiger partial charge in [-0.25, -0.2) is 0 Å². The van der Waals surface area contributed by atoms with Crippen LogP contribution in [0.2, 0.25) is 0 Å². The van der Waals surface area contributed by atoms with Crippen LogP contribution in [0.1, 0.15) is 40.9 Å². The molecule has 0 fully saturated rings. The van der Waals surface area contributed by atoms with Crippen molar-refractivity contribution in [2.45, 2.75) is 32.7 Å². The zero-order valence-electron chi connectivity index (χ0n) is 23.0. The number of terminal acetylenes is 1. The lowest BCUT2D eigenvalue weighted by Crippen LogP contribution is -2.41. The van der Waals surface area contributed by atoms with Crippen LogP contribution in [0, 0.1) is 19.3 Å². The number of hydroxylamine groups is 1. The number of phenolic OH excluding ortho intramolecular Hbond substituents is 1. The molecule has 2 aliphatic rings. The molecule has 0 saturated carbocycles. The second-order valence-corrected chi connectivity index (χ2v) is 9.97. The van der Waals surface area contributed by atoms with Crippen LogP contribution in [-0.4, -0.2) is 36.3 Å². The number of carbonyl (C=O) groups excluding carboxylic acids is 3. The SMILES string of the molecule is C#CCONC(C)=C1C(=O)C=C2Oc3c(C(=O)NCc4c(C)ccc5ccccc45)c(OC)cc(O)c3[C@]2(C)C1=O. The van der Waals surface area contributed by atoms with E-state index in [2.05, 4.69) is 16.7 Å². The zero-order valence-corrected chi connectivity index (χ0v) is 23.0. The number of Topliss-reactive ketones (excluding diaryl/α,β-unsaturated/α-hetero) is 1. The molecule has 1 aliphatic heterocycles. The van der Waals surface area contributed by atoms with Gasteiger partial charge in [0.25, 0.3) is 5.91 Å². The van der Waals surface area contributed by atoms with Gasteiger partial charge in [-0.15, -0.1) is 6.42 Å². The van der Waals surface area contributed by atoms with Crippen molar-refractivity contribution in [3.63, 3.8) is 0 Å². The third kappa shape index (κ3) is 4.39. The molecule has 9 nitrogen and oxygen atoms in total. The molecule has 1 aliphatic carbocycles. The summed E-state index contributed by atoms with van der Waals surface area (Å²) in [5, 5.41) is 16.1. The van der Waals surface area contributed by atoms with Crippen LogP contribution in [0.5, 0.6) is 17.2 Å². The number of aromatic hydroxyl groups is 1. The summed E-state index contributed by atoms with van der Waals surface area (Å²) in [6, 6.07) is 13.2. The molecule has 3 aromatic carbocycles. The number of phenols is 1. The van der Waals surface area contributed by atoms with E-state index in [1.807, 2.05) is 43.3 Å². The summed E-state index contributed by atoms with van der Waals surface area (Å²) in [6.07, 6.45) is 6.37. The molecule has 0 saturated heterocycles. The summed E-state index contributed by atoms with van der Waals surface area (Å²) >= 11 is 0. The third-order valence-corrected chi connectivity index (χ3v) is 7.52. The Bertz CT molecular complexity index is 1740. The fourth-order valence-corrected chi connectivity index (χ4v) is 5.40. The number of amides is 1. The number of hydrogen-bond acceptors (Lipinski definition) is 8. The molecule has 0 unspecified atom stereocenters. The first kappa shape index (κ1) is 27.5. The lowest BCUT2D eigenvalue weighted by molar-refractivity contribution is -0.123. The van der Waals surface area contributed by atoms with Crippen LogP contribution in [-0.2, 0) is 26.4 Å². The minimum absolute atomic E-state index is 0.00677. The molecule has 3 aromatic rings.